The monoisotopic (exact) mass is 372 g/mol. The van der Waals surface area contributed by atoms with Crippen molar-refractivity contribution in [2.45, 2.75) is 6.92 Å². The summed E-state index contributed by atoms with van der Waals surface area (Å²) in [4.78, 5) is 20.0. The topological polar surface area (TPSA) is 66.9 Å². The van der Waals surface area contributed by atoms with Crippen molar-refractivity contribution in [3.8, 4) is 0 Å². The molecule has 3 rings (SSSR count). The van der Waals surface area contributed by atoms with Crippen LogP contribution in [0.15, 0.2) is 54.7 Å². The average Bonchev–Trinajstić information content (AvgIpc) is 2.59. The molecule has 0 radical (unpaired) electrons. The lowest BCUT2D eigenvalue weighted by molar-refractivity contribution is 0.101. The van der Waals surface area contributed by atoms with Gasteiger partial charge in [-0.2, -0.15) is 4.98 Å². The Balaban J connectivity index is 1.82. The number of aromatic nitrogens is 2. The lowest BCUT2D eigenvalue weighted by Crippen LogP contribution is -2.01. The molecule has 0 atom stereocenters. The highest BCUT2D eigenvalue weighted by molar-refractivity contribution is 6.39. The third-order valence-electron chi connectivity index (χ3n) is 3.40. The van der Waals surface area contributed by atoms with Gasteiger partial charge in [0.25, 0.3) is 0 Å². The normalized spacial score (nSPS) is 10.4. The standard InChI is InChI=1S/C18H14Cl2N4O/c1-11(25)12-4-2-5-13(10-12)22-16-8-9-21-18(23-16)24-17-14(19)6-3-7-15(17)20/h2-10H,1H3,(H2,21,22,23,24). The molecule has 1 heterocycles. The Morgan fingerprint density at radius 1 is 1.00 bits per heavy atom. The molecule has 1 aromatic heterocycles. The first-order valence-corrected chi connectivity index (χ1v) is 8.20. The van der Waals surface area contributed by atoms with E-state index in [1.165, 1.54) is 6.92 Å². The molecule has 0 unspecified atom stereocenters. The molecule has 3 aromatic rings. The van der Waals surface area contributed by atoms with Crippen LogP contribution in [0, 0.1) is 0 Å². The minimum atomic E-state index is 0.00190. The predicted molar refractivity (Wildman–Crippen MR) is 102 cm³/mol. The lowest BCUT2D eigenvalue weighted by atomic mass is 10.1. The number of halogens is 2. The van der Waals surface area contributed by atoms with Gasteiger partial charge in [-0.3, -0.25) is 4.79 Å². The van der Waals surface area contributed by atoms with Crippen LogP contribution in [0.2, 0.25) is 10.0 Å². The molecule has 0 saturated carbocycles. The summed E-state index contributed by atoms with van der Waals surface area (Å²) in [5.41, 5.74) is 1.93. The Bertz CT molecular complexity index is 910. The minimum Gasteiger partial charge on any atom is -0.340 e. The van der Waals surface area contributed by atoms with Crippen LogP contribution >= 0.6 is 23.2 Å². The van der Waals surface area contributed by atoms with E-state index in [0.29, 0.717) is 33.1 Å². The quantitative estimate of drug-likeness (QED) is 0.580. The predicted octanol–water partition coefficient (Wildman–Crippen LogP) is 5.47. The van der Waals surface area contributed by atoms with E-state index in [4.69, 9.17) is 23.2 Å². The van der Waals surface area contributed by atoms with Crippen LogP contribution < -0.4 is 10.6 Å². The molecular formula is C18H14Cl2N4O. The summed E-state index contributed by atoms with van der Waals surface area (Å²) in [5.74, 6) is 0.922. The number of Topliss-reactive ketones (excluding diaryl/α,β-unsaturated/α-hetero) is 1. The summed E-state index contributed by atoms with van der Waals surface area (Å²) in [5, 5.41) is 7.11. The Morgan fingerprint density at radius 3 is 2.44 bits per heavy atom. The first kappa shape index (κ1) is 17.2. The van der Waals surface area contributed by atoms with E-state index in [-0.39, 0.29) is 5.78 Å². The van der Waals surface area contributed by atoms with Crippen LogP contribution in [0.4, 0.5) is 23.1 Å². The maximum atomic E-state index is 11.5. The number of hydrogen-bond donors (Lipinski definition) is 2. The Labute approximate surface area is 155 Å². The number of ketones is 1. The van der Waals surface area contributed by atoms with Gasteiger partial charge >= 0.3 is 0 Å². The van der Waals surface area contributed by atoms with E-state index in [9.17, 15) is 4.79 Å². The molecule has 25 heavy (non-hydrogen) atoms. The van der Waals surface area contributed by atoms with E-state index in [1.807, 2.05) is 12.1 Å². The van der Waals surface area contributed by atoms with Crippen molar-refractivity contribution >= 4 is 52.1 Å². The molecule has 0 saturated heterocycles. The van der Waals surface area contributed by atoms with Gasteiger partial charge in [0.1, 0.15) is 5.82 Å². The van der Waals surface area contributed by atoms with Crippen molar-refractivity contribution in [2.75, 3.05) is 10.6 Å². The number of anilines is 4. The van der Waals surface area contributed by atoms with Gasteiger partial charge in [-0.1, -0.05) is 41.4 Å². The number of nitrogens with one attached hydrogen (secondary N) is 2. The number of rotatable bonds is 5. The summed E-state index contributed by atoms with van der Waals surface area (Å²) in [6, 6.07) is 14.1. The van der Waals surface area contributed by atoms with E-state index < -0.39 is 0 Å². The number of carbonyl (C=O) groups excluding carboxylic acids is 1. The van der Waals surface area contributed by atoms with Gasteiger partial charge in [-0.25, -0.2) is 4.98 Å². The van der Waals surface area contributed by atoms with Gasteiger partial charge in [0.15, 0.2) is 5.78 Å². The molecule has 0 aliphatic heterocycles. The molecule has 0 amide bonds. The van der Waals surface area contributed by atoms with Crippen LogP contribution in [0.3, 0.4) is 0 Å². The summed E-state index contributed by atoms with van der Waals surface area (Å²) in [6.45, 7) is 1.53. The fourth-order valence-corrected chi connectivity index (χ4v) is 2.67. The summed E-state index contributed by atoms with van der Waals surface area (Å²) in [7, 11) is 0. The van der Waals surface area contributed by atoms with E-state index in [1.54, 1.807) is 42.6 Å². The van der Waals surface area contributed by atoms with Gasteiger partial charge in [0.05, 0.1) is 15.7 Å². The Kier molecular flexibility index (Phi) is 5.16. The van der Waals surface area contributed by atoms with Crippen molar-refractivity contribution < 1.29 is 4.79 Å². The van der Waals surface area contributed by atoms with Gasteiger partial charge in [0, 0.05) is 17.4 Å². The molecule has 0 aliphatic rings. The molecule has 0 spiro atoms. The zero-order valence-electron chi connectivity index (χ0n) is 13.3. The SMILES string of the molecule is CC(=O)c1cccc(Nc2ccnc(Nc3c(Cl)cccc3Cl)n2)c1. The Morgan fingerprint density at radius 2 is 1.72 bits per heavy atom. The highest BCUT2D eigenvalue weighted by Gasteiger charge is 2.08. The number of nitrogens with zero attached hydrogens (tertiary/aromatic N) is 2. The van der Waals surface area contributed by atoms with Crippen LogP contribution in [0.5, 0.6) is 0 Å². The molecule has 126 valence electrons. The second kappa shape index (κ2) is 7.51. The van der Waals surface area contributed by atoms with Crippen LogP contribution in [-0.4, -0.2) is 15.8 Å². The summed E-state index contributed by atoms with van der Waals surface area (Å²) in [6.07, 6.45) is 1.61. The first-order valence-electron chi connectivity index (χ1n) is 7.45. The van der Waals surface area contributed by atoms with Gasteiger partial charge in [-0.15, -0.1) is 0 Å². The van der Waals surface area contributed by atoms with Crippen molar-refractivity contribution in [3.05, 3.63) is 70.3 Å². The highest BCUT2D eigenvalue weighted by Crippen LogP contribution is 2.31. The van der Waals surface area contributed by atoms with Crippen molar-refractivity contribution in [3.63, 3.8) is 0 Å². The minimum absolute atomic E-state index is 0.00190. The first-order chi connectivity index (χ1) is 12.0. The maximum absolute atomic E-state index is 11.5. The third-order valence-corrected chi connectivity index (χ3v) is 4.03. The lowest BCUT2D eigenvalue weighted by Gasteiger charge is -2.11. The summed E-state index contributed by atoms with van der Waals surface area (Å²) >= 11 is 12.3. The molecular weight excluding hydrogens is 359 g/mol. The van der Waals surface area contributed by atoms with Gasteiger partial charge in [0.2, 0.25) is 5.95 Å². The molecule has 5 nitrogen and oxygen atoms in total. The number of benzene rings is 2. The van der Waals surface area contributed by atoms with Crippen LogP contribution in [-0.2, 0) is 0 Å². The fourth-order valence-electron chi connectivity index (χ4n) is 2.18. The summed E-state index contributed by atoms with van der Waals surface area (Å²) < 4.78 is 0. The van der Waals surface area contributed by atoms with Crippen molar-refractivity contribution in [1.29, 1.82) is 0 Å². The van der Waals surface area contributed by atoms with E-state index >= 15 is 0 Å². The van der Waals surface area contributed by atoms with E-state index in [0.717, 1.165) is 5.69 Å². The smallest absolute Gasteiger partial charge is 0.229 e. The third kappa shape index (κ3) is 4.26. The zero-order chi connectivity index (χ0) is 17.8. The van der Waals surface area contributed by atoms with Crippen LogP contribution in [0.1, 0.15) is 17.3 Å². The van der Waals surface area contributed by atoms with Crippen LogP contribution in [0.25, 0.3) is 0 Å². The number of para-hydroxylation sites is 1. The van der Waals surface area contributed by atoms with Crippen molar-refractivity contribution in [1.82, 2.24) is 9.97 Å². The Hall–Kier alpha value is -2.63. The molecule has 2 aromatic carbocycles. The fraction of sp³-hybridized carbons (Fsp3) is 0.0556. The molecule has 2 N–H and O–H groups in total. The largest absolute Gasteiger partial charge is 0.340 e. The average molecular weight is 373 g/mol. The van der Waals surface area contributed by atoms with Gasteiger partial charge < -0.3 is 10.6 Å². The highest BCUT2D eigenvalue weighted by atomic mass is 35.5. The van der Waals surface area contributed by atoms with E-state index in [2.05, 4.69) is 20.6 Å². The van der Waals surface area contributed by atoms with Crippen molar-refractivity contribution in [2.24, 2.45) is 0 Å². The number of hydrogen-bond acceptors (Lipinski definition) is 5. The molecule has 7 heteroatoms. The maximum Gasteiger partial charge on any atom is 0.229 e. The second-order valence-electron chi connectivity index (χ2n) is 5.25. The molecule has 0 bridgehead atoms. The molecule has 0 fully saturated rings. The molecule has 0 aliphatic carbocycles. The number of carbonyl (C=O) groups is 1. The zero-order valence-corrected chi connectivity index (χ0v) is 14.8. The van der Waals surface area contributed by atoms with Gasteiger partial charge in [-0.05, 0) is 37.3 Å². The second-order valence-corrected chi connectivity index (χ2v) is 6.06.